The minimum Gasteiger partial charge on any atom is -0.350 e. The van der Waals surface area contributed by atoms with Crippen molar-refractivity contribution in [1.29, 1.82) is 0 Å². The Kier molecular flexibility index (Phi) is 6.89. The molecule has 0 aliphatic heterocycles. The van der Waals surface area contributed by atoms with Gasteiger partial charge in [0.2, 0.25) is 10.0 Å². The summed E-state index contributed by atoms with van der Waals surface area (Å²) >= 11 is 0. The van der Waals surface area contributed by atoms with E-state index in [0.29, 0.717) is 12.2 Å². The molecule has 146 valence electrons. The predicted molar refractivity (Wildman–Crippen MR) is 106 cm³/mol. The number of nitrogens with zero attached hydrogens (tertiary/aromatic N) is 2. The number of sulfonamides is 1. The van der Waals surface area contributed by atoms with Gasteiger partial charge in [-0.3, -0.25) is 10.1 Å². The van der Waals surface area contributed by atoms with Crippen molar-refractivity contribution < 1.29 is 13.3 Å². The second-order valence-electron chi connectivity index (χ2n) is 6.31. The molecular formula is C18H24N4O4S. The van der Waals surface area contributed by atoms with E-state index in [1.807, 2.05) is 50.2 Å². The summed E-state index contributed by atoms with van der Waals surface area (Å²) in [5.74, 6) is 0. The zero-order valence-electron chi connectivity index (χ0n) is 15.6. The zero-order valence-corrected chi connectivity index (χ0v) is 16.4. The highest BCUT2D eigenvalue weighted by atomic mass is 32.2. The molecule has 27 heavy (non-hydrogen) atoms. The number of aryl methyl sites for hydroxylation is 1. The van der Waals surface area contributed by atoms with Gasteiger partial charge in [-0.15, -0.1) is 0 Å². The summed E-state index contributed by atoms with van der Waals surface area (Å²) in [5, 5.41) is 14.4. The molecule has 0 bridgehead atoms. The first-order chi connectivity index (χ1) is 12.7. The number of hydrogen-bond donors (Lipinski definition) is 2. The maximum atomic E-state index is 12.4. The number of rotatable bonds is 9. The lowest BCUT2D eigenvalue weighted by Gasteiger charge is -2.12. The van der Waals surface area contributed by atoms with E-state index in [4.69, 9.17) is 0 Å². The smallest absolute Gasteiger partial charge is 0.294 e. The van der Waals surface area contributed by atoms with Crippen LogP contribution in [0.4, 0.5) is 17.1 Å². The van der Waals surface area contributed by atoms with Crippen LogP contribution >= 0.6 is 0 Å². The summed E-state index contributed by atoms with van der Waals surface area (Å²) in [5.41, 5.74) is 1.77. The van der Waals surface area contributed by atoms with Crippen LogP contribution in [-0.2, 0) is 16.4 Å². The molecule has 0 saturated heterocycles. The van der Waals surface area contributed by atoms with E-state index in [-0.39, 0.29) is 22.8 Å². The summed E-state index contributed by atoms with van der Waals surface area (Å²) in [7, 11) is -0.167. The first-order valence-corrected chi connectivity index (χ1v) is 10.00. The molecule has 0 atom stereocenters. The summed E-state index contributed by atoms with van der Waals surface area (Å²) in [4.78, 5) is 12.5. The van der Waals surface area contributed by atoms with Gasteiger partial charge >= 0.3 is 0 Å². The molecule has 0 aliphatic rings. The SMILES string of the molecule is CCc1ccc(Nc2ccc(S(=O)(=O)NCCN(C)C)cc2[N+](=O)[O-])cc1. The van der Waals surface area contributed by atoms with Gasteiger partial charge in [-0.1, -0.05) is 19.1 Å². The van der Waals surface area contributed by atoms with Crippen molar-refractivity contribution in [3.8, 4) is 0 Å². The number of likely N-dealkylation sites (N-methyl/N-ethyl adjacent to an activating group) is 1. The van der Waals surface area contributed by atoms with Crippen LogP contribution in [0.25, 0.3) is 0 Å². The largest absolute Gasteiger partial charge is 0.350 e. The second-order valence-corrected chi connectivity index (χ2v) is 8.08. The van der Waals surface area contributed by atoms with Gasteiger partial charge in [0, 0.05) is 24.8 Å². The number of benzene rings is 2. The van der Waals surface area contributed by atoms with E-state index >= 15 is 0 Å². The zero-order chi connectivity index (χ0) is 20.0. The maximum Gasteiger partial charge on any atom is 0.294 e. The number of hydrogen-bond acceptors (Lipinski definition) is 6. The lowest BCUT2D eigenvalue weighted by atomic mass is 10.1. The average molecular weight is 392 g/mol. The molecule has 0 aliphatic carbocycles. The first kappa shape index (κ1) is 20.8. The Labute approximate surface area is 159 Å². The molecule has 2 aromatic rings. The molecule has 2 aromatic carbocycles. The molecule has 2 rings (SSSR count). The Morgan fingerprint density at radius 2 is 1.78 bits per heavy atom. The number of nitrogens with one attached hydrogen (secondary N) is 2. The Hall–Kier alpha value is -2.49. The minimum absolute atomic E-state index is 0.139. The van der Waals surface area contributed by atoms with E-state index in [0.717, 1.165) is 18.1 Å². The van der Waals surface area contributed by atoms with E-state index in [1.165, 1.54) is 12.1 Å². The highest BCUT2D eigenvalue weighted by Gasteiger charge is 2.21. The van der Waals surface area contributed by atoms with Gasteiger partial charge in [0.15, 0.2) is 0 Å². The molecule has 0 unspecified atom stereocenters. The van der Waals surface area contributed by atoms with Gasteiger partial charge < -0.3 is 10.2 Å². The molecule has 9 heteroatoms. The molecule has 0 radical (unpaired) electrons. The maximum absolute atomic E-state index is 12.4. The number of anilines is 2. The highest BCUT2D eigenvalue weighted by molar-refractivity contribution is 7.89. The highest BCUT2D eigenvalue weighted by Crippen LogP contribution is 2.30. The van der Waals surface area contributed by atoms with Crippen LogP contribution in [0.1, 0.15) is 12.5 Å². The van der Waals surface area contributed by atoms with E-state index in [2.05, 4.69) is 10.0 Å². The first-order valence-electron chi connectivity index (χ1n) is 8.51. The molecular weight excluding hydrogens is 368 g/mol. The molecule has 0 heterocycles. The van der Waals surface area contributed by atoms with Crippen LogP contribution in [0.2, 0.25) is 0 Å². The third kappa shape index (κ3) is 5.75. The number of nitro benzene ring substituents is 1. The van der Waals surface area contributed by atoms with Crippen molar-refractivity contribution in [2.45, 2.75) is 18.2 Å². The number of nitro groups is 1. The van der Waals surface area contributed by atoms with Gasteiger partial charge in [-0.2, -0.15) is 0 Å². The van der Waals surface area contributed by atoms with Gasteiger partial charge in [0.1, 0.15) is 5.69 Å². The van der Waals surface area contributed by atoms with Crippen molar-refractivity contribution in [3.05, 3.63) is 58.1 Å². The summed E-state index contributed by atoms with van der Waals surface area (Å²) < 4.78 is 27.2. The van der Waals surface area contributed by atoms with Crippen molar-refractivity contribution >= 4 is 27.1 Å². The van der Waals surface area contributed by atoms with Crippen molar-refractivity contribution in [2.75, 3.05) is 32.5 Å². The van der Waals surface area contributed by atoms with Crippen LogP contribution in [0, 0.1) is 10.1 Å². The Morgan fingerprint density at radius 1 is 1.11 bits per heavy atom. The Morgan fingerprint density at radius 3 is 2.33 bits per heavy atom. The van der Waals surface area contributed by atoms with Crippen LogP contribution in [0.15, 0.2) is 47.4 Å². The Bertz CT molecular complexity index is 896. The van der Waals surface area contributed by atoms with E-state index < -0.39 is 14.9 Å². The molecule has 0 fully saturated rings. The molecule has 0 amide bonds. The molecule has 0 saturated carbocycles. The molecule has 2 N–H and O–H groups in total. The third-order valence-corrected chi connectivity index (χ3v) is 5.43. The van der Waals surface area contributed by atoms with E-state index in [1.54, 1.807) is 0 Å². The van der Waals surface area contributed by atoms with Crippen molar-refractivity contribution in [1.82, 2.24) is 9.62 Å². The van der Waals surface area contributed by atoms with Gasteiger partial charge in [-0.25, -0.2) is 13.1 Å². The van der Waals surface area contributed by atoms with Crippen LogP contribution < -0.4 is 10.0 Å². The summed E-state index contributed by atoms with van der Waals surface area (Å²) in [6.45, 7) is 2.78. The average Bonchev–Trinajstić information content (AvgIpc) is 2.62. The van der Waals surface area contributed by atoms with Crippen molar-refractivity contribution in [2.24, 2.45) is 0 Å². The fraction of sp³-hybridized carbons (Fsp3) is 0.333. The second kappa shape index (κ2) is 8.94. The molecule has 0 spiro atoms. The summed E-state index contributed by atoms with van der Waals surface area (Å²) in [6, 6.07) is 11.4. The van der Waals surface area contributed by atoms with E-state index in [9.17, 15) is 18.5 Å². The molecule has 8 nitrogen and oxygen atoms in total. The summed E-state index contributed by atoms with van der Waals surface area (Å²) in [6.07, 6.45) is 0.897. The quantitative estimate of drug-likeness (QED) is 0.502. The Balaban J connectivity index is 2.26. The van der Waals surface area contributed by atoms with Crippen LogP contribution in [0.5, 0.6) is 0 Å². The van der Waals surface area contributed by atoms with Gasteiger partial charge in [0.25, 0.3) is 5.69 Å². The van der Waals surface area contributed by atoms with Gasteiger partial charge in [-0.05, 0) is 50.3 Å². The third-order valence-electron chi connectivity index (χ3n) is 3.97. The standard InChI is InChI=1S/C18H24N4O4S/c1-4-14-5-7-15(8-6-14)20-17-10-9-16(13-18(17)22(23)24)27(25,26)19-11-12-21(2)3/h5-10,13,19-20H,4,11-12H2,1-3H3. The lowest BCUT2D eigenvalue weighted by molar-refractivity contribution is -0.384. The monoisotopic (exact) mass is 392 g/mol. The van der Waals surface area contributed by atoms with Crippen LogP contribution in [0.3, 0.4) is 0 Å². The topological polar surface area (TPSA) is 105 Å². The van der Waals surface area contributed by atoms with Gasteiger partial charge in [0.05, 0.1) is 9.82 Å². The van der Waals surface area contributed by atoms with Crippen LogP contribution in [-0.4, -0.2) is 45.4 Å². The fourth-order valence-corrected chi connectivity index (χ4v) is 3.44. The van der Waals surface area contributed by atoms with Crippen molar-refractivity contribution in [3.63, 3.8) is 0 Å². The normalized spacial score (nSPS) is 11.6. The fourth-order valence-electron chi connectivity index (χ4n) is 2.40. The minimum atomic E-state index is -3.82. The molecule has 0 aromatic heterocycles. The predicted octanol–water partition coefficient (Wildman–Crippen LogP) is 2.74. The lowest BCUT2D eigenvalue weighted by Crippen LogP contribution is -2.31.